The van der Waals surface area contributed by atoms with E-state index >= 15 is 0 Å². The van der Waals surface area contributed by atoms with Crippen molar-refractivity contribution in [2.75, 3.05) is 0 Å². The van der Waals surface area contributed by atoms with Gasteiger partial charge >= 0.3 is 0 Å². The maximum Gasteiger partial charge on any atom is 0.268 e. The summed E-state index contributed by atoms with van der Waals surface area (Å²) in [5, 5.41) is 9.12. The van der Waals surface area contributed by atoms with E-state index in [1.54, 1.807) is 54.7 Å². The van der Waals surface area contributed by atoms with Gasteiger partial charge in [0.05, 0.1) is 16.1 Å². The monoisotopic (exact) mass is 431 g/mol. The summed E-state index contributed by atoms with van der Waals surface area (Å²) in [6, 6.07) is 13.3. The van der Waals surface area contributed by atoms with Crippen molar-refractivity contribution in [2.45, 2.75) is 31.1 Å². The zero-order valence-electron chi connectivity index (χ0n) is 15.9. The maximum absolute atomic E-state index is 13.3. The zero-order chi connectivity index (χ0) is 21.0. The van der Waals surface area contributed by atoms with Gasteiger partial charge in [0.15, 0.2) is 0 Å². The lowest BCUT2D eigenvalue weighted by Crippen LogP contribution is -2.22. The second-order valence-corrected chi connectivity index (χ2v) is 8.74. The Bertz CT molecular complexity index is 1180. The number of halogens is 1. The van der Waals surface area contributed by atoms with Crippen LogP contribution in [0.15, 0.2) is 69.8 Å². The SMILES string of the molecule is CCCC/C(=N\N=C(N)N)c1cn(S(=O)(=O)c2ccccc2)c2ccc(Cl)cc12. The standard InChI is InChI=1S/C20H22ClN5O2S/c1-2-3-9-18(24-25-20(22)23)17-13-26(19-11-10-14(21)12-16(17)19)29(27,28)15-7-5-4-6-8-15/h4-8,10-13H,2-3,9H2,1H3,(H4,22,23,25)/b24-18+. The molecule has 0 bridgehead atoms. The van der Waals surface area contributed by atoms with Gasteiger partial charge < -0.3 is 11.5 Å². The van der Waals surface area contributed by atoms with Crippen molar-refractivity contribution in [1.29, 1.82) is 0 Å². The maximum atomic E-state index is 13.3. The van der Waals surface area contributed by atoms with Crippen LogP contribution in [-0.2, 0) is 10.0 Å². The molecule has 3 rings (SSSR count). The highest BCUT2D eigenvalue weighted by Crippen LogP contribution is 2.30. The number of guanidine groups is 1. The van der Waals surface area contributed by atoms with Gasteiger partial charge in [0, 0.05) is 22.2 Å². The number of nitrogens with zero attached hydrogens (tertiary/aromatic N) is 3. The molecule has 0 amide bonds. The fourth-order valence-electron chi connectivity index (χ4n) is 3.01. The summed E-state index contributed by atoms with van der Waals surface area (Å²) in [4.78, 5) is 0.190. The van der Waals surface area contributed by atoms with Gasteiger partial charge in [-0.15, -0.1) is 5.10 Å². The first-order chi connectivity index (χ1) is 13.8. The molecular weight excluding hydrogens is 410 g/mol. The Morgan fingerprint density at radius 2 is 1.83 bits per heavy atom. The Hall–Kier alpha value is -2.84. The van der Waals surface area contributed by atoms with Crippen LogP contribution in [0.1, 0.15) is 31.7 Å². The van der Waals surface area contributed by atoms with Crippen molar-refractivity contribution < 1.29 is 8.42 Å². The largest absolute Gasteiger partial charge is 0.369 e. The highest BCUT2D eigenvalue weighted by atomic mass is 35.5. The molecule has 2 aromatic carbocycles. The molecule has 0 radical (unpaired) electrons. The molecule has 1 aromatic heterocycles. The molecule has 1 heterocycles. The van der Waals surface area contributed by atoms with Gasteiger partial charge in [-0.2, -0.15) is 5.10 Å². The van der Waals surface area contributed by atoms with Crippen LogP contribution < -0.4 is 11.5 Å². The number of hydrogen-bond donors (Lipinski definition) is 2. The molecule has 0 saturated carbocycles. The van der Waals surface area contributed by atoms with Gasteiger partial charge in [-0.25, -0.2) is 12.4 Å². The van der Waals surface area contributed by atoms with Crippen LogP contribution in [0, 0.1) is 0 Å². The molecule has 7 nitrogen and oxygen atoms in total. The highest BCUT2D eigenvalue weighted by Gasteiger charge is 2.23. The van der Waals surface area contributed by atoms with Crippen molar-refractivity contribution in [3.05, 3.63) is 65.3 Å². The number of fused-ring (bicyclic) bond motifs is 1. The molecule has 29 heavy (non-hydrogen) atoms. The van der Waals surface area contributed by atoms with E-state index in [-0.39, 0.29) is 10.9 Å². The average molecular weight is 432 g/mol. The normalized spacial score (nSPS) is 12.3. The minimum Gasteiger partial charge on any atom is -0.369 e. The Kier molecular flexibility index (Phi) is 6.24. The van der Waals surface area contributed by atoms with E-state index in [2.05, 4.69) is 17.1 Å². The van der Waals surface area contributed by atoms with Crippen LogP contribution in [-0.4, -0.2) is 24.1 Å². The summed E-state index contributed by atoms with van der Waals surface area (Å²) in [5.41, 5.74) is 12.6. The number of nitrogens with two attached hydrogens (primary N) is 2. The molecule has 0 unspecified atom stereocenters. The quantitative estimate of drug-likeness (QED) is 0.337. The van der Waals surface area contributed by atoms with Gasteiger partial charge in [-0.1, -0.05) is 43.1 Å². The highest BCUT2D eigenvalue weighted by molar-refractivity contribution is 7.90. The predicted octanol–water partition coefficient (Wildman–Crippen LogP) is 3.70. The first-order valence-electron chi connectivity index (χ1n) is 9.11. The minimum absolute atomic E-state index is 0.169. The van der Waals surface area contributed by atoms with E-state index in [9.17, 15) is 8.42 Å². The summed E-state index contributed by atoms with van der Waals surface area (Å²) in [6.45, 7) is 2.05. The first-order valence-corrected chi connectivity index (χ1v) is 10.9. The summed E-state index contributed by atoms with van der Waals surface area (Å²) in [5.74, 6) is -0.169. The summed E-state index contributed by atoms with van der Waals surface area (Å²) in [7, 11) is -3.81. The summed E-state index contributed by atoms with van der Waals surface area (Å²) < 4.78 is 27.8. The van der Waals surface area contributed by atoms with Crippen molar-refractivity contribution in [2.24, 2.45) is 21.7 Å². The van der Waals surface area contributed by atoms with Gasteiger partial charge in [-0.3, -0.25) is 0 Å². The van der Waals surface area contributed by atoms with Gasteiger partial charge in [0.1, 0.15) is 0 Å². The van der Waals surface area contributed by atoms with E-state index in [1.807, 2.05) is 0 Å². The topological polar surface area (TPSA) is 116 Å². The molecule has 0 fully saturated rings. The van der Waals surface area contributed by atoms with Crippen LogP contribution in [0.25, 0.3) is 10.9 Å². The molecule has 0 spiro atoms. The van der Waals surface area contributed by atoms with Gasteiger partial charge in [0.25, 0.3) is 10.0 Å². The minimum atomic E-state index is -3.81. The van der Waals surface area contributed by atoms with Crippen LogP contribution in [0.2, 0.25) is 5.02 Å². The zero-order valence-corrected chi connectivity index (χ0v) is 17.5. The second-order valence-electron chi connectivity index (χ2n) is 6.49. The second kappa shape index (κ2) is 8.67. The summed E-state index contributed by atoms with van der Waals surface area (Å²) in [6.07, 6.45) is 3.92. The van der Waals surface area contributed by atoms with Gasteiger partial charge in [0.2, 0.25) is 5.96 Å². The van der Waals surface area contributed by atoms with E-state index < -0.39 is 10.0 Å². The average Bonchev–Trinajstić information content (AvgIpc) is 3.08. The number of hydrogen-bond acceptors (Lipinski definition) is 4. The number of rotatable bonds is 7. The Balaban J connectivity index is 2.27. The molecule has 9 heteroatoms. The summed E-state index contributed by atoms with van der Waals surface area (Å²) >= 11 is 6.20. The number of benzene rings is 2. The van der Waals surface area contributed by atoms with E-state index in [4.69, 9.17) is 23.1 Å². The predicted molar refractivity (Wildman–Crippen MR) is 118 cm³/mol. The van der Waals surface area contributed by atoms with Crippen molar-refractivity contribution in [3.8, 4) is 0 Å². The molecule has 4 N–H and O–H groups in total. The molecule has 0 aliphatic heterocycles. The lowest BCUT2D eigenvalue weighted by atomic mass is 10.0. The van der Waals surface area contributed by atoms with Crippen LogP contribution >= 0.6 is 11.6 Å². The fraction of sp³-hybridized carbons (Fsp3) is 0.200. The third-order valence-electron chi connectivity index (χ3n) is 4.40. The number of aromatic nitrogens is 1. The molecular formula is C20H22ClN5O2S. The molecule has 152 valence electrons. The van der Waals surface area contributed by atoms with E-state index in [0.29, 0.717) is 33.6 Å². The van der Waals surface area contributed by atoms with Crippen molar-refractivity contribution >= 4 is 44.2 Å². The van der Waals surface area contributed by atoms with Crippen molar-refractivity contribution in [3.63, 3.8) is 0 Å². The number of unbranched alkanes of at least 4 members (excludes halogenated alkanes) is 1. The third-order valence-corrected chi connectivity index (χ3v) is 6.32. The Morgan fingerprint density at radius 1 is 1.10 bits per heavy atom. The molecule has 0 atom stereocenters. The lowest BCUT2D eigenvalue weighted by Gasteiger charge is -2.07. The van der Waals surface area contributed by atoms with E-state index in [1.165, 1.54) is 3.97 Å². The van der Waals surface area contributed by atoms with Crippen LogP contribution in [0.4, 0.5) is 0 Å². The van der Waals surface area contributed by atoms with Gasteiger partial charge in [-0.05, 0) is 43.2 Å². The molecule has 0 aliphatic carbocycles. The Morgan fingerprint density at radius 3 is 2.48 bits per heavy atom. The smallest absolute Gasteiger partial charge is 0.268 e. The fourth-order valence-corrected chi connectivity index (χ4v) is 4.57. The molecule has 0 aliphatic rings. The molecule has 3 aromatic rings. The molecule has 0 saturated heterocycles. The Labute approximate surface area is 174 Å². The lowest BCUT2D eigenvalue weighted by molar-refractivity contribution is 0.589. The van der Waals surface area contributed by atoms with Crippen molar-refractivity contribution in [1.82, 2.24) is 3.97 Å². The van der Waals surface area contributed by atoms with Crippen LogP contribution in [0.5, 0.6) is 0 Å². The first kappa shape index (κ1) is 20.9. The van der Waals surface area contributed by atoms with E-state index in [0.717, 1.165) is 12.8 Å². The van der Waals surface area contributed by atoms with Crippen LogP contribution in [0.3, 0.4) is 0 Å². The third kappa shape index (κ3) is 4.44.